The summed E-state index contributed by atoms with van der Waals surface area (Å²) in [6.45, 7) is 2.09. The van der Waals surface area contributed by atoms with Crippen molar-refractivity contribution in [1.82, 2.24) is 4.90 Å². The van der Waals surface area contributed by atoms with E-state index in [0.29, 0.717) is 0 Å². The number of ether oxygens (including phenoxy) is 1. The van der Waals surface area contributed by atoms with Gasteiger partial charge in [0.25, 0.3) is 0 Å². The highest BCUT2D eigenvalue weighted by Gasteiger charge is 2.48. The third-order valence-electron chi connectivity index (χ3n) is 4.63. The lowest BCUT2D eigenvalue weighted by Crippen LogP contribution is -2.44. The summed E-state index contributed by atoms with van der Waals surface area (Å²) in [4.78, 5) is 2.54. The third-order valence-corrected chi connectivity index (χ3v) is 5.13. The summed E-state index contributed by atoms with van der Waals surface area (Å²) in [6.07, 6.45) is 4.03. The lowest BCUT2D eigenvalue weighted by molar-refractivity contribution is -0.00766. The van der Waals surface area contributed by atoms with Crippen molar-refractivity contribution in [3.05, 3.63) is 28.2 Å². The molecular weight excluding hydrogens is 306 g/mol. The van der Waals surface area contributed by atoms with Crippen LogP contribution < -0.4 is 4.74 Å². The molecule has 2 heterocycles. The van der Waals surface area contributed by atoms with Crippen LogP contribution in [0.2, 0.25) is 0 Å². The molecule has 102 valence electrons. The molecule has 0 bridgehead atoms. The zero-order valence-electron chi connectivity index (χ0n) is 10.8. The maximum absolute atomic E-state index is 10.4. The van der Waals surface area contributed by atoms with Crippen molar-refractivity contribution < 1.29 is 9.84 Å². The second-order valence-corrected chi connectivity index (χ2v) is 7.05. The molecule has 1 aromatic rings. The topological polar surface area (TPSA) is 32.7 Å². The molecule has 3 nitrogen and oxygen atoms in total. The van der Waals surface area contributed by atoms with Gasteiger partial charge in [-0.3, -0.25) is 4.90 Å². The maximum Gasteiger partial charge on any atom is 0.126 e. The van der Waals surface area contributed by atoms with Gasteiger partial charge in [0.1, 0.15) is 11.4 Å². The van der Waals surface area contributed by atoms with Gasteiger partial charge >= 0.3 is 0 Å². The molecule has 0 amide bonds. The monoisotopic (exact) mass is 323 g/mol. The Hall–Kier alpha value is -0.580. The molecule has 19 heavy (non-hydrogen) atoms. The Morgan fingerprint density at radius 2 is 2.21 bits per heavy atom. The van der Waals surface area contributed by atoms with Gasteiger partial charge in [-0.15, -0.1) is 0 Å². The van der Waals surface area contributed by atoms with Crippen molar-refractivity contribution in [1.29, 1.82) is 0 Å². The summed E-state index contributed by atoms with van der Waals surface area (Å²) in [5.74, 6) is 0.861. The van der Waals surface area contributed by atoms with Gasteiger partial charge in [0, 0.05) is 42.0 Å². The number of aliphatic hydroxyl groups is 1. The Morgan fingerprint density at radius 3 is 3.00 bits per heavy atom. The molecule has 1 aromatic carbocycles. The number of aliphatic hydroxyl groups excluding tert-OH is 1. The summed E-state index contributed by atoms with van der Waals surface area (Å²) in [6, 6.07) is 6.72. The molecule has 1 aliphatic carbocycles. The molecule has 3 aliphatic rings. The minimum absolute atomic E-state index is 0.164. The fraction of sp³-hybridized carbons (Fsp3) is 0.600. The smallest absolute Gasteiger partial charge is 0.126 e. The first-order valence-electron chi connectivity index (χ1n) is 7.06. The fourth-order valence-electron chi connectivity index (χ4n) is 3.49. The van der Waals surface area contributed by atoms with Crippen LogP contribution in [0.4, 0.5) is 0 Å². The first-order chi connectivity index (χ1) is 9.15. The van der Waals surface area contributed by atoms with E-state index in [9.17, 15) is 5.11 Å². The quantitative estimate of drug-likeness (QED) is 0.862. The van der Waals surface area contributed by atoms with Crippen molar-refractivity contribution >= 4 is 15.9 Å². The maximum atomic E-state index is 10.4. The summed E-state index contributed by atoms with van der Waals surface area (Å²) >= 11 is 3.45. The van der Waals surface area contributed by atoms with Crippen LogP contribution >= 0.6 is 15.9 Å². The first kappa shape index (κ1) is 12.2. The molecular formula is C15H18BrNO2. The van der Waals surface area contributed by atoms with Gasteiger partial charge in [0.05, 0.1) is 6.10 Å². The Bertz CT molecular complexity index is 517. The van der Waals surface area contributed by atoms with E-state index in [1.165, 1.54) is 12.8 Å². The van der Waals surface area contributed by atoms with Crippen LogP contribution in [0, 0.1) is 0 Å². The molecule has 1 saturated heterocycles. The van der Waals surface area contributed by atoms with Gasteiger partial charge in [-0.05, 0) is 31.0 Å². The van der Waals surface area contributed by atoms with Gasteiger partial charge in [-0.25, -0.2) is 0 Å². The Labute approximate surface area is 121 Å². The van der Waals surface area contributed by atoms with Crippen molar-refractivity contribution in [2.24, 2.45) is 0 Å². The zero-order chi connectivity index (χ0) is 13.0. The minimum atomic E-state index is -0.402. The normalized spacial score (nSPS) is 34.3. The molecule has 1 N–H and O–H groups in total. The zero-order valence-corrected chi connectivity index (χ0v) is 12.4. The molecule has 0 aromatic heterocycles. The number of rotatable bonds is 1. The van der Waals surface area contributed by atoms with Crippen LogP contribution in [0.5, 0.6) is 5.75 Å². The fourth-order valence-corrected chi connectivity index (χ4v) is 3.87. The lowest BCUT2D eigenvalue weighted by atomic mass is 9.88. The van der Waals surface area contributed by atoms with E-state index < -0.39 is 6.10 Å². The van der Waals surface area contributed by atoms with Crippen molar-refractivity contribution in [2.45, 2.75) is 43.4 Å². The molecule has 0 radical (unpaired) electrons. The van der Waals surface area contributed by atoms with Gasteiger partial charge < -0.3 is 9.84 Å². The van der Waals surface area contributed by atoms with Crippen molar-refractivity contribution in [3.8, 4) is 5.75 Å². The van der Waals surface area contributed by atoms with Crippen LogP contribution in [0.1, 0.15) is 37.4 Å². The van der Waals surface area contributed by atoms with Crippen LogP contribution in [0.15, 0.2) is 22.7 Å². The minimum Gasteiger partial charge on any atom is -0.485 e. The van der Waals surface area contributed by atoms with E-state index in [0.717, 1.165) is 47.8 Å². The Balaban J connectivity index is 1.62. The molecule has 4 rings (SSSR count). The number of benzene rings is 1. The molecule has 4 heteroatoms. The predicted molar refractivity (Wildman–Crippen MR) is 76.3 cm³/mol. The number of fused-ring (bicyclic) bond motifs is 1. The summed E-state index contributed by atoms with van der Waals surface area (Å²) < 4.78 is 7.29. The molecule has 1 saturated carbocycles. The Kier molecular flexibility index (Phi) is 2.70. The summed E-state index contributed by atoms with van der Waals surface area (Å²) in [5, 5.41) is 10.4. The number of hydrogen-bond donors (Lipinski definition) is 1. The van der Waals surface area contributed by atoms with Crippen molar-refractivity contribution in [2.75, 3.05) is 13.1 Å². The summed E-state index contributed by atoms with van der Waals surface area (Å²) in [5.41, 5.74) is 0.757. The predicted octanol–water partition coefficient (Wildman–Crippen LogP) is 2.87. The molecule has 1 spiro atoms. The van der Waals surface area contributed by atoms with E-state index in [1.807, 2.05) is 18.2 Å². The average Bonchev–Trinajstić information content (AvgIpc) is 3.15. The second-order valence-electron chi connectivity index (χ2n) is 6.14. The van der Waals surface area contributed by atoms with Crippen LogP contribution in [-0.4, -0.2) is 34.7 Å². The van der Waals surface area contributed by atoms with E-state index in [-0.39, 0.29) is 5.60 Å². The average molecular weight is 324 g/mol. The molecule has 2 atom stereocenters. The number of halogens is 1. The highest BCUT2D eigenvalue weighted by molar-refractivity contribution is 9.10. The largest absolute Gasteiger partial charge is 0.485 e. The number of likely N-dealkylation sites (tertiary alicyclic amines) is 1. The van der Waals surface area contributed by atoms with Gasteiger partial charge in [0.15, 0.2) is 0 Å². The molecule has 2 aliphatic heterocycles. The van der Waals surface area contributed by atoms with E-state index >= 15 is 0 Å². The van der Waals surface area contributed by atoms with Gasteiger partial charge in [-0.1, -0.05) is 15.9 Å². The van der Waals surface area contributed by atoms with Gasteiger partial charge in [0.2, 0.25) is 0 Å². The van der Waals surface area contributed by atoms with E-state index in [2.05, 4.69) is 20.8 Å². The van der Waals surface area contributed by atoms with Gasteiger partial charge in [-0.2, -0.15) is 0 Å². The van der Waals surface area contributed by atoms with Crippen LogP contribution in [-0.2, 0) is 0 Å². The second kappa shape index (κ2) is 4.21. The van der Waals surface area contributed by atoms with Crippen LogP contribution in [0.25, 0.3) is 0 Å². The van der Waals surface area contributed by atoms with Crippen LogP contribution in [0.3, 0.4) is 0 Å². The molecule has 2 fully saturated rings. The highest BCUT2D eigenvalue weighted by Crippen LogP contribution is 2.46. The first-order valence-corrected chi connectivity index (χ1v) is 7.85. The number of hydrogen-bond acceptors (Lipinski definition) is 3. The standard InChI is InChI=1S/C15H18BrNO2/c16-10-1-4-14-12(7-10)13(18)8-15(19-14)5-6-17(9-15)11-2-3-11/h1,4,7,11,13,18H,2-3,5-6,8-9H2. The Morgan fingerprint density at radius 1 is 1.37 bits per heavy atom. The molecule has 2 unspecified atom stereocenters. The summed E-state index contributed by atoms with van der Waals surface area (Å²) in [7, 11) is 0. The van der Waals surface area contributed by atoms with Crippen molar-refractivity contribution in [3.63, 3.8) is 0 Å². The number of nitrogens with zero attached hydrogens (tertiary/aromatic N) is 1. The third kappa shape index (κ3) is 2.10. The van der Waals surface area contributed by atoms with E-state index in [1.54, 1.807) is 0 Å². The lowest BCUT2D eigenvalue weighted by Gasteiger charge is -2.38. The van der Waals surface area contributed by atoms with E-state index in [4.69, 9.17) is 4.74 Å². The SMILES string of the molecule is OC1CC2(CCN(C3CC3)C2)Oc2ccc(Br)cc21. The highest BCUT2D eigenvalue weighted by atomic mass is 79.9.